The number of nitrogens with zero attached hydrogens (tertiary/aromatic N) is 4. The Morgan fingerprint density at radius 1 is 1.35 bits per heavy atom. The Morgan fingerprint density at radius 3 is 2.96 bits per heavy atom. The standard InChI is InChI=1S/C17H17BrClN5O2/c1-25-10-5-6-12(11(19)8-10)21-15-14-16(23-17(18)22-15)24(9-20-14)13-4-2-3-7-26-13/h5-6,8-9,13H,2-4,7H2,1H3,(H,21,22,23). The van der Waals surface area contributed by atoms with E-state index in [1.165, 1.54) is 0 Å². The van der Waals surface area contributed by atoms with Crippen LogP contribution in [0.5, 0.6) is 5.75 Å². The first kappa shape index (κ1) is 17.5. The number of anilines is 2. The largest absolute Gasteiger partial charge is 0.497 e. The van der Waals surface area contributed by atoms with Crippen molar-refractivity contribution in [2.24, 2.45) is 0 Å². The summed E-state index contributed by atoms with van der Waals surface area (Å²) < 4.78 is 13.5. The molecule has 136 valence electrons. The quantitative estimate of drug-likeness (QED) is 0.596. The second-order valence-electron chi connectivity index (χ2n) is 5.96. The number of methoxy groups -OCH3 is 1. The zero-order valence-corrected chi connectivity index (χ0v) is 16.4. The van der Waals surface area contributed by atoms with Crippen LogP contribution in [0.2, 0.25) is 5.02 Å². The van der Waals surface area contributed by atoms with E-state index in [1.54, 1.807) is 19.5 Å². The average molecular weight is 439 g/mol. The Hall–Kier alpha value is -1.90. The minimum atomic E-state index is -0.0482. The molecule has 2 aromatic heterocycles. The van der Waals surface area contributed by atoms with Crippen LogP contribution in [0.25, 0.3) is 11.2 Å². The van der Waals surface area contributed by atoms with E-state index in [1.807, 2.05) is 16.7 Å². The van der Waals surface area contributed by atoms with Gasteiger partial charge in [0.15, 0.2) is 17.0 Å². The summed E-state index contributed by atoms with van der Waals surface area (Å²) in [6.45, 7) is 0.753. The summed E-state index contributed by atoms with van der Waals surface area (Å²) in [6.07, 6.45) is 4.86. The Balaban J connectivity index is 1.72. The van der Waals surface area contributed by atoms with Crippen molar-refractivity contribution in [2.45, 2.75) is 25.5 Å². The van der Waals surface area contributed by atoms with E-state index in [0.717, 1.165) is 25.9 Å². The number of aromatic nitrogens is 4. The lowest BCUT2D eigenvalue weighted by molar-refractivity contribution is -0.0298. The van der Waals surface area contributed by atoms with Crippen LogP contribution in [-0.4, -0.2) is 33.2 Å². The second kappa shape index (κ2) is 7.38. The van der Waals surface area contributed by atoms with Gasteiger partial charge >= 0.3 is 0 Å². The summed E-state index contributed by atoms with van der Waals surface area (Å²) in [5.74, 6) is 1.26. The van der Waals surface area contributed by atoms with Crippen LogP contribution < -0.4 is 10.1 Å². The Kier molecular flexibility index (Phi) is 4.97. The van der Waals surface area contributed by atoms with Crippen molar-refractivity contribution in [3.8, 4) is 5.75 Å². The predicted octanol–water partition coefficient (Wildman–Crippen LogP) is 4.69. The van der Waals surface area contributed by atoms with Crippen LogP contribution in [0, 0.1) is 0 Å². The van der Waals surface area contributed by atoms with E-state index < -0.39 is 0 Å². The van der Waals surface area contributed by atoms with Crippen LogP contribution in [0.1, 0.15) is 25.5 Å². The molecule has 1 aliphatic rings. The maximum absolute atomic E-state index is 6.33. The molecule has 1 fully saturated rings. The number of rotatable bonds is 4. The zero-order valence-electron chi connectivity index (χ0n) is 14.1. The molecule has 0 bridgehead atoms. The first-order valence-corrected chi connectivity index (χ1v) is 9.45. The summed E-state index contributed by atoms with van der Waals surface area (Å²) >= 11 is 9.72. The molecule has 9 heteroatoms. The summed E-state index contributed by atoms with van der Waals surface area (Å²) in [5, 5.41) is 3.77. The van der Waals surface area contributed by atoms with Crippen molar-refractivity contribution in [3.63, 3.8) is 0 Å². The third-order valence-corrected chi connectivity index (χ3v) is 4.96. The summed E-state index contributed by atoms with van der Waals surface area (Å²) in [5.41, 5.74) is 2.09. The molecule has 0 aliphatic carbocycles. The fraction of sp³-hybridized carbons (Fsp3) is 0.353. The van der Waals surface area contributed by atoms with Crippen LogP contribution in [0.4, 0.5) is 11.5 Å². The van der Waals surface area contributed by atoms with E-state index in [4.69, 9.17) is 21.1 Å². The van der Waals surface area contributed by atoms with Crippen molar-refractivity contribution in [1.82, 2.24) is 19.5 Å². The summed E-state index contributed by atoms with van der Waals surface area (Å²) in [7, 11) is 1.60. The highest BCUT2D eigenvalue weighted by Crippen LogP contribution is 2.33. The molecule has 26 heavy (non-hydrogen) atoms. The van der Waals surface area contributed by atoms with Gasteiger partial charge in [-0.1, -0.05) is 11.6 Å². The molecule has 0 saturated carbocycles. The molecule has 1 unspecified atom stereocenters. The molecule has 7 nitrogen and oxygen atoms in total. The predicted molar refractivity (Wildman–Crippen MR) is 103 cm³/mol. The maximum atomic E-state index is 6.33. The van der Waals surface area contributed by atoms with Crippen LogP contribution in [-0.2, 0) is 4.74 Å². The molecule has 1 saturated heterocycles. The summed E-state index contributed by atoms with van der Waals surface area (Å²) in [4.78, 5) is 13.4. The molecule has 0 amide bonds. The number of hydrogen-bond acceptors (Lipinski definition) is 6. The fourth-order valence-electron chi connectivity index (χ4n) is 2.98. The first-order valence-electron chi connectivity index (χ1n) is 8.28. The number of ether oxygens (including phenoxy) is 2. The molecule has 3 aromatic rings. The minimum Gasteiger partial charge on any atom is -0.497 e. The van der Waals surface area contributed by atoms with Gasteiger partial charge < -0.3 is 14.8 Å². The lowest BCUT2D eigenvalue weighted by atomic mass is 10.2. The number of fused-ring (bicyclic) bond motifs is 1. The average Bonchev–Trinajstić information content (AvgIpc) is 3.08. The van der Waals surface area contributed by atoms with E-state index in [0.29, 0.717) is 38.2 Å². The zero-order chi connectivity index (χ0) is 18.1. The molecule has 1 atom stereocenters. The topological polar surface area (TPSA) is 74.1 Å². The Bertz CT molecular complexity index is 942. The van der Waals surface area contributed by atoms with Gasteiger partial charge in [0.25, 0.3) is 0 Å². The monoisotopic (exact) mass is 437 g/mol. The summed E-state index contributed by atoms with van der Waals surface area (Å²) in [6, 6.07) is 5.41. The maximum Gasteiger partial charge on any atom is 0.200 e. The van der Waals surface area contributed by atoms with Crippen molar-refractivity contribution in [3.05, 3.63) is 34.3 Å². The number of nitrogens with one attached hydrogen (secondary N) is 1. The third kappa shape index (κ3) is 3.36. The molecule has 1 aromatic carbocycles. The lowest BCUT2D eigenvalue weighted by Crippen LogP contribution is -2.17. The third-order valence-electron chi connectivity index (χ3n) is 4.29. The lowest BCUT2D eigenvalue weighted by Gasteiger charge is -2.23. The highest BCUT2D eigenvalue weighted by atomic mass is 79.9. The van der Waals surface area contributed by atoms with E-state index in [-0.39, 0.29) is 6.23 Å². The van der Waals surface area contributed by atoms with Crippen molar-refractivity contribution in [2.75, 3.05) is 19.0 Å². The highest BCUT2D eigenvalue weighted by Gasteiger charge is 2.21. The smallest absolute Gasteiger partial charge is 0.200 e. The van der Waals surface area contributed by atoms with E-state index in [2.05, 4.69) is 36.2 Å². The number of halogens is 2. The van der Waals surface area contributed by atoms with Crippen molar-refractivity contribution >= 4 is 50.2 Å². The van der Waals surface area contributed by atoms with Crippen molar-refractivity contribution < 1.29 is 9.47 Å². The number of imidazole rings is 1. The number of benzene rings is 1. The molecule has 1 N–H and O–H groups in total. The second-order valence-corrected chi connectivity index (χ2v) is 7.07. The Labute approximate surface area is 163 Å². The molecule has 1 aliphatic heterocycles. The van der Waals surface area contributed by atoms with Gasteiger partial charge in [0.2, 0.25) is 4.73 Å². The van der Waals surface area contributed by atoms with Crippen LogP contribution in [0.3, 0.4) is 0 Å². The molecule has 3 heterocycles. The van der Waals surface area contributed by atoms with Crippen LogP contribution >= 0.6 is 27.5 Å². The van der Waals surface area contributed by atoms with Gasteiger partial charge in [-0.15, -0.1) is 0 Å². The SMILES string of the molecule is COc1ccc(Nc2nc(Br)nc3c2ncn3C2CCCCO2)c(Cl)c1. The molecular formula is C17H17BrClN5O2. The van der Waals surface area contributed by atoms with Gasteiger partial charge in [-0.3, -0.25) is 4.57 Å². The normalized spacial score (nSPS) is 17.4. The molecular weight excluding hydrogens is 422 g/mol. The van der Waals surface area contributed by atoms with E-state index in [9.17, 15) is 0 Å². The van der Waals surface area contributed by atoms with Gasteiger partial charge in [0.05, 0.1) is 24.1 Å². The van der Waals surface area contributed by atoms with Gasteiger partial charge in [-0.2, -0.15) is 0 Å². The minimum absolute atomic E-state index is 0.0482. The van der Waals surface area contributed by atoms with Gasteiger partial charge in [0, 0.05) is 12.7 Å². The molecule has 4 rings (SSSR count). The van der Waals surface area contributed by atoms with Gasteiger partial charge in [0.1, 0.15) is 12.0 Å². The fourth-order valence-corrected chi connectivity index (χ4v) is 3.55. The van der Waals surface area contributed by atoms with E-state index >= 15 is 0 Å². The van der Waals surface area contributed by atoms with Gasteiger partial charge in [-0.25, -0.2) is 15.0 Å². The Morgan fingerprint density at radius 2 is 2.23 bits per heavy atom. The molecule has 0 spiro atoms. The highest BCUT2D eigenvalue weighted by molar-refractivity contribution is 9.10. The van der Waals surface area contributed by atoms with Crippen molar-refractivity contribution in [1.29, 1.82) is 0 Å². The number of hydrogen-bond donors (Lipinski definition) is 1. The van der Waals surface area contributed by atoms with Gasteiger partial charge in [-0.05, 0) is 47.3 Å². The first-order chi connectivity index (χ1) is 12.7. The molecule has 0 radical (unpaired) electrons. The van der Waals surface area contributed by atoms with Crippen LogP contribution in [0.15, 0.2) is 29.3 Å².